The second-order valence-corrected chi connectivity index (χ2v) is 8.89. The van der Waals surface area contributed by atoms with Crippen molar-refractivity contribution in [2.75, 3.05) is 24.5 Å². The van der Waals surface area contributed by atoms with Crippen LogP contribution in [0.15, 0.2) is 67.0 Å². The van der Waals surface area contributed by atoms with E-state index in [1.165, 1.54) is 5.56 Å². The zero-order valence-electron chi connectivity index (χ0n) is 19.8. The van der Waals surface area contributed by atoms with Gasteiger partial charge in [-0.05, 0) is 43.4 Å². The molecule has 1 aromatic heterocycles. The summed E-state index contributed by atoms with van der Waals surface area (Å²) in [6.45, 7) is 4.76. The van der Waals surface area contributed by atoms with Gasteiger partial charge in [-0.15, -0.1) is 10.2 Å². The van der Waals surface area contributed by atoms with Crippen molar-refractivity contribution in [1.82, 2.24) is 19.7 Å². The third-order valence-corrected chi connectivity index (χ3v) is 6.47. The molecule has 1 saturated heterocycles. The van der Waals surface area contributed by atoms with E-state index in [1.54, 1.807) is 11.2 Å². The third kappa shape index (κ3) is 6.10. The summed E-state index contributed by atoms with van der Waals surface area (Å²) in [5, 5.41) is 8.48. The Morgan fingerprint density at radius 1 is 1.03 bits per heavy atom. The lowest BCUT2D eigenvalue weighted by molar-refractivity contribution is -0.134. The molecule has 1 fully saturated rings. The summed E-state index contributed by atoms with van der Waals surface area (Å²) in [5.74, 6) is 1.36. The first kappa shape index (κ1) is 23.7. The largest absolute Gasteiger partial charge is 0.342 e. The van der Waals surface area contributed by atoms with Gasteiger partial charge in [0, 0.05) is 44.6 Å². The molecule has 3 aromatic rings. The molecular weight excluding hydrogens is 426 g/mol. The van der Waals surface area contributed by atoms with Crippen LogP contribution in [-0.2, 0) is 22.6 Å². The predicted octanol–water partition coefficient (Wildman–Crippen LogP) is 3.94. The smallest absolute Gasteiger partial charge is 0.227 e. The van der Waals surface area contributed by atoms with E-state index in [4.69, 9.17) is 0 Å². The fourth-order valence-corrected chi connectivity index (χ4v) is 4.68. The maximum absolute atomic E-state index is 12.9. The summed E-state index contributed by atoms with van der Waals surface area (Å²) in [6.07, 6.45) is 5.10. The van der Waals surface area contributed by atoms with E-state index in [0.29, 0.717) is 19.0 Å². The number of rotatable bonds is 9. The maximum atomic E-state index is 12.9. The molecular formula is C27H33N5O2. The summed E-state index contributed by atoms with van der Waals surface area (Å²) in [5.41, 5.74) is 2.09. The normalized spacial score (nSPS) is 15.8. The van der Waals surface area contributed by atoms with Crippen LogP contribution in [-0.4, -0.2) is 51.1 Å². The summed E-state index contributed by atoms with van der Waals surface area (Å²) >= 11 is 0. The molecule has 2 aromatic carbocycles. The number of hydrogen-bond donors (Lipinski definition) is 0. The highest BCUT2D eigenvalue weighted by molar-refractivity contribution is 5.95. The van der Waals surface area contributed by atoms with Crippen molar-refractivity contribution in [1.29, 1.82) is 0 Å². The van der Waals surface area contributed by atoms with Crippen LogP contribution in [0.3, 0.4) is 0 Å². The average molecular weight is 460 g/mol. The minimum absolute atomic E-state index is 0.00961. The lowest BCUT2D eigenvalue weighted by Gasteiger charge is -2.33. The van der Waals surface area contributed by atoms with E-state index in [0.717, 1.165) is 43.9 Å². The molecule has 178 valence electrons. The number of carbonyl (C=O) groups is 2. The number of anilines is 1. The molecule has 1 aliphatic heterocycles. The van der Waals surface area contributed by atoms with E-state index < -0.39 is 0 Å². The molecule has 1 aliphatic rings. The first-order valence-electron chi connectivity index (χ1n) is 12.2. The Balaban J connectivity index is 1.30. The fraction of sp³-hybridized carbons (Fsp3) is 0.407. The highest BCUT2D eigenvalue weighted by atomic mass is 16.2. The zero-order valence-corrected chi connectivity index (χ0v) is 19.8. The van der Waals surface area contributed by atoms with Gasteiger partial charge in [-0.3, -0.25) is 9.59 Å². The lowest BCUT2D eigenvalue weighted by atomic mass is 9.94. The zero-order chi connectivity index (χ0) is 23.8. The van der Waals surface area contributed by atoms with Gasteiger partial charge in [-0.1, -0.05) is 48.5 Å². The topological polar surface area (TPSA) is 71.3 Å². The number of hydrogen-bond acceptors (Lipinski definition) is 4. The average Bonchev–Trinajstić information content (AvgIpc) is 3.30. The van der Waals surface area contributed by atoms with Gasteiger partial charge < -0.3 is 14.4 Å². The number of para-hydroxylation sites is 1. The molecule has 2 amide bonds. The number of likely N-dealkylation sites (tertiary alicyclic amines) is 1. The van der Waals surface area contributed by atoms with Crippen LogP contribution in [0.5, 0.6) is 0 Å². The Bertz CT molecular complexity index is 1070. The molecule has 0 radical (unpaired) electrons. The second-order valence-electron chi connectivity index (χ2n) is 8.89. The van der Waals surface area contributed by atoms with Crippen molar-refractivity contribution in [3.05, 3.63) is 78.4 Å². The molecule has 7 heteroatoms. The van der Waals surface area contributed by atoms with Gasteiger partial charge in [0.1, 0.15) is 12.2 Å². The number of carbonyl (C=O) groups excluding carboxylic acids is 2. The molecule has 0 bridgehead atoms. The minimum atomic E-state index is -0.00961. The van der Waals surface area contributed by atoms with Gasteiger partial charge in [-0.2, -0.15) is 0 Å². The summed E-state index contributed by atoms with van der Waals surface area (Å²) in [4.78, 5) is 29.4. The molecule has 0 spiro atoms. The highest BCUT2D eigenvalue weighted by Crippen LogP contribution is 2.22. The van der Waals surface area contributed by atoms with Crippen LogP contribution >= 0.6 is 0 Å². The molecule has 4 rings (SSSR count). The number of aromatic nitrogens is 3. The van der Waals surface area contributed by atoms with Gasteiger partial charge in [0.15, 0.2) is 0 Å². The summed E-state index contributed by atoms with van der Waals surface area (Å²) in [6, 6.07) is 19.9. The van der Waals surface area contributed by atoms with E-state index >= 15 is 0 Å². The van der Waals surface area contributed by atoms with Gasteiger partial charge in [0.05, 0.1) is 6.54 Å². The van der Waals surface area contributed by atoms with Crippen molar-refractivity contribution in [2.24, 2.45) is 5.92 Å². The highest BCUT2D eigenvalue weighted by Gasteiger charge is 2.26. The predicted molar refractivity (Wildman–Crippen MR) is 132 cm³/mol. The Morgan fingerprint density at radius 3 is 2.50 bits per heavy atom. The van der Waals surface area contributed by atoms with Gasteiger partial charge in [0.25, 0.3) is 0 Å². The van der Waals surface area contributed by atoms with Gasteiger partial charge in [0.2, 0.25) is 11.8 Å². The quantitative estimate of drug-likeness (QED) is 0.486. The third-order valence-electron chi connectivity index (χ3n) is 6.47. The second kappa shape index (κ2) is 11.6. The monoisotopic (exact) mass is 459 g/mol. The summed E-state index contributed by atoms with van der Waals surface area (Å²) < 4.78 is 2.09. The maximum Gasteiger partial charge on any atom is 0.227 e. The van der Waals surface area contributed by atoms with Crippen molar-refractivity contribution in [3.8, 4) is 0 Å². The minimum Gasteiger partial charge on any atom is -0.342 e. The first-order valence-corrected chi connectivity index (χ1v) is 12.2. The van der Waals surface area contributed by atoms with Crippen molar-refractivity contribution < 1.29 is 9.59 Å². The van der Waals surface area contributed by atoms with Crippen LogP contribution in [0.4, 0.5) is 5.69 Å². The SMILES string of the molecule is CCN(C(=O)CCC(=O)N1CCCC(Cc2nncn2Cc2ccccc2)C1)c1ccccc1. The molecule has 0 saturated carbocycles. The van der Waals surface area contributed by atoms with Crippen molar-refractivity contribution >= 4 is 17.5 Å². The first-order chi connectivity index (χ1) is 16.6. The molecule has 0 N–H and O–H groups in total. The van der Waals surface area contributed by atoms with E-state index in [2.05, 4.69) is 26.9 Å². The number of benzene rings is 2. The van der Waals surface area contributed by atoms with E-state index in [9.17, 15) is 9.59 Å². The van der Waals surface area contributed by atoms with Crippen LogP contribution in [0, 0.1) is 5.92 Å². The summed E-state index contributed by atoms with van der Waals surface area (Å²) in [7, 11) is 0. The van der Waals surface area contributed by atoms with E-state index in [-0.39, 0.29) is 24.7 Å². The number of nitrogens with zero attached hydrogens (tertiary/aromatic N) is 5. The Hall–Kier alpha value is -3.48. The standard InChI is InChI=1S/C27H33N5O2/c1-2-32(24-13-7-4-8-14-24)27(34)16-15-26(33)30-17-9-12-23(20-30)18-25-29-28-21-31(25)19-22-10-5-3-6-11-22/h3-8,10-11,13-14,21,23H,2,9,12,15-20H2,1H3. The van der Waals surface area contributed by atoms with Crippen molar-refractivity contribution in [3.63, 3.8) is 0 Å². The Kier molecular flexibility index (Phi) is 8.07. The molecule has 7 nitrogen and oxygen atoms in total. The van der Waals surface area contributed by atoms with Crippen LogP contribution < -0.4 is 4.90 Å². The molecule has 2 heterocycles. The van der Waals surface area contributed by atoms with Gasteiger partial charge >= 0.3 is 0 Å². The Morgan fingerprint density at radius 2 is 1.76 bits per heavy atom. The number of piperidine rings is 1. The number of amides is 2. The van der Waals surface area contributed by atoms with Crippen LogP contribution in [0.2, 0.25) is 0 Å². The van der Waals surface area contributed by atoms with Crippen LogP contribution in [0.25, 0.3) is 0 Å². The van der Waals surface area contributed by atoms with Crippen molar-refractivity contribution in [2.45, 2.75) is 45.6 Å². The molecule has 0 aliphatic carbocycles. The molecule has 34 heavy (non-hydrogen) atoms. The lowest BCUT2D eigenvalue weighted by Crippen LogP contribution is -2.41. The molecule has 1 unspecified atom stereocenters. The van der Waals surface area contributed by atoms with Crippen LogP contribution in [0.1, 0.15) is 44.0 Å². The molecule has 1 atom stereocenters. The Labute approximate surface area is 201 Å². The fourth-order valence-electron chi connectivity index (χ4n) is 4.68. The van der Waals surface area contributed by atoms with Gasteiger partial charge in [-0.25, -0.2) is 0 Å². The van der Waals surface area contributed by atoms with E-state index in [1.807, 2.05) is 60.4 Å².